The number of alkyl halides is 1. The molecule has 0 amide bonds. The second kappa shape index (κ2) is 3.12. The van der Waals surface area contributed by atoms with Crippen LogP contribution in [0, 0.1) is 11.8 Å². The molecule has 0 unspecified atom stereocenters. The van der Waals surface area contributed by atoms with E-state index in [2.05, 4.69) is 0 Å². The van der Waals surface area contributed by atoms with E-state index >= 15 is 0 Å². The van der Waals surface area contributed by atoms with Crippen molar-refractivity contribution in [2.45, 2.75) is 51.1 Å². The van der Waals surface area contributed by atoms with Crippen LogP contribution in [0.2, 0.25) is 0 Å². The summed E-state index contributed by atoms with van der Waals surface area (Å²) in [4.78, 5) is 0. The average molecular weight is 156 g/mol. The molecule has 0 radical (unpaired) electrons. The van der Waals surface area contributed by atoms with Crippen LogP contribution in [0.5, 0.6) is 0 Å². The fourth-order valence-corrected chi connectivity index (χ4v) is 2.82. The average Bonchev–Trinajstić information content (AvgIpc) is 2.04. The van der Waals surface area contributed by atoms with Crippen LogP contribution in [-0.4, -0.2) is 6.17 Å². The molecule has 0 saturated heterocycles. The monoisotopic (exact) mass is 156 g/mol. The van der Waals surface area contributed by atoms with E-state index in [4.69, 9.17) is 0 Å². The Morgan fingerprint density at radius 2 is 1.55 bits per heavy atom. The zero-order valence-electron chi connectivity index (χ0n) is 7.06. The molecule has 3 atom stereocenters. The summed E-state index contributed by atoms with van der Waals surface area (Å²) in [6.07, 6.45) is 7.89. The summed E-state index contributed by atoms with van der Waals surface area (Å²) >= 11 is 0. The second-order valence-electron chi connectivity index (χ2n) is 4.21. The Balaban J connectivity index is 1.93. The molecule has 1 heteroatoms. The first-order valence-electron chi connectivity index (χ1n) is 5.00. The van der Waals surface area contributed by atoms with Gasteiger partial charge >= 0.3 is 0 Å². The predicted octanol–water partition coefficient (Wildman–Crippen LogP) is 3.31. The number of fused-ring (bicyclic) bond motifs is 1. The first kappa shape index (κ1) is 7.57. The van der Waals surface area contributed by atoms with E-state index < -0.39 is 6.17 Å². The quantitative estimate of drug-likeness (QED) is 0.504. The van der Waals surface area contributed by atoms with E-state index in [0.29, 0.717) is 0 Å². The second-order valence-corrected chi connectivity index (χ2v) is 4.21. The van der Waals surface area contributed by atoms with Crippen molar-refractivity contribution < 1.29 is 4.39 Å². The molecule has 2 aliphatic carbocycles. The van der Waals surface area contributed by atoms with Crippen molar-refractivity contribution in [2.24, 2.45) is 11.8 Å². The van der Waals surface area contributed by atoms with Crippen LogP contribution in [0.15, 0.2) is 0 Å². The van der Waals surface area contributed by atoms with Crippen LogP contribution in [0.4, 0.5) is 4.39 Å². The lowest BCUT2D eigenvalue weighted by atomic mass is 9.70. The SMILES string of the molecule is F[C@@H]1CC[C@H]2CCCC[C@@H]2C1. The normalized spacial score (nSPS) is 45.0. The van der Waals surface area contributed by atoms with Crippen molar-refractivity contribution in [1.82, 2.24) is 0 Å². The first-order valence-corrected chi connectivity index (χ1v) is 5.00. The van der Waals surface area contributed by atoms with E-state index in [1.807, 2.05) is 0 Å². The molecule has 0 aromatic rings. The minimum atomic E-state index is -0.464. The lowest BCUT2D eigenvalue weighted by molar-refractivity contribution is 0.104. The highest BCUT2D eigenvalue weighted by Gasteiger charge is 2.31. The van der Waals surface area contributed by atoms with E-state index in [-0.39, 0.29) is 0 Å². The summed E-state index contributed by atoms with van der Waals surface area (Å²) in [7, 11) is 0. The molecule has 0 bridgehead atoms. The van der Waals surface area contributed by atoms with Crippen LogP contribution in [0.3, 0.4) is 0 Å². The Morgan fingerprint density at radius 1 is 0.818 bits per heavy atom. The molecular weight excluding hydrogens is 139 g/mol. The molecule has 2 saturated carbocycles. The first-order chi connectivity index (χ1) is 5.36. The minimum Gasteiger partial charge on any atom is -0.247 e. The van der Waals surface area contributed by atoms with Gasteiger partial charge in [0.05, 0.1) is 0 Å². The highest BCUT2D eigenvalue weighted by Crippen LogP contribution is 2.41. The molecule has 2 fully saturated rings. The molecule has 0 spiro atoms. The summed E-state index contributed by atoms with van der Waals surface area (Å²) in [6, 6.07) is 0. The van der Waals surface area contributed by atoms with Gasteiger partial charge in [-0.1, -0.05) is 25.7 Å². The van der Waals surface area contributed by atoms with Crippen LogP contribution >= 0.6 is 0 Å². The van der Waals surface area contributed by atoms with Crippen molar-refractivity contribution in [1.29, 1.82) is 0 Å². The molecule has 0 N–H and O–H groups in total. The standard InChI is InChI=1S/C10H17F/c11-10-6-5-8-3-1-2-4-9(8)7-10/h8-10H,1-7H2/t8-,9-,10-/m1/s1. The summed E-state index contributed by atoms with van der Waals surface area (Å²) in [6.45, 7) is 0. The fourth-order valence-electron chi connectivity index (χ4n) is 2.82. The highest BCUT2D eigenvalue weighted by molar-refractivity contribution is 4.82. The molecule has 64 valence electrons. The molecule has 2 rings (SSSR count). The van der Waals surface area contributed by atoms with Gasteiger partial charge < -0.3 is 0 Å². The largest absolute Gasteiger partial charge is 0.247 e. The molecule has 0 nitrogen and oxygen atoms in total. The van der Waals surface area contributed by atoms with Gasteiger partial charge in [-0.05, 0) is 31.1 Å². The van der Waals surface area contributed by atoms with Gasteiger partial charge in [-0.2, -0.15) is 0 Å². The Bertz CT molecular complexity index is 133. The molecule has 2 aliphatic rings. The number of halogens is 1. The van der Waals surface area contributed by atoms with E-state index in [1.165, 1.54) is 32.1 Å². The van der Waals surface area contributed by atoms with Crippen molar-refractivity contribution >= 4 is 0 Å². The molecule has 0 aromatic carbocycles. The number of hydrogen-bond acceptors (Lipinski definition) is 0. The maximum absolute atomic E-state index is 13.0. The minimum absolute atomic E-state index is 0.464. The van der Waals surface area contributed by atoms with Crippen molar-refractivity contribution in [3.8, 4) is 0 Å². The summed E-state index contributed by atoms with van der Waals surface area (Å²) < 4.78 is 13.0. The highest BCUT2D eigenvalue weighted by atomic mass is 19.1. The van der Waals surface area contributed by atoms with Gasteiger partial charge in [-0.25, -0.2) is 4.39 Å². The van der Waals surface area contributed by atoms with Crippen molar-refractivity contribution in [2.75, 3.05) is 0 Å². The number of hydrogen-bond donors (Lipinski definition) is 0. The van der Waals surface area contributed by atoms with Crippen LogP contribution in [-0.2, 0) is 0 Å². The lowest BCUT2D eigenvalue weighted by Gasteiger charge is -2.36. The Kier molecular flexibility index (Phi) is 2.15. The molecule has 0 heterocycles. The Morgan fingerprint density at radius 3 is 2.36 bits per heavy atom. The predicted molar refractivity (Wildman–Crippen MR) is 44.2 cm³/mol. The van der Waals surface area contributed by atoms with Crippen LogP contribution < -0.4 is 0 Å². The van der Waals surface area contributed by atoms with E-state index in [9.17, 15) is 4.39 Å². The smallest absolute Gasteiger partial charge is 0.100 e. The molecule has 11 heavy (non-hydrogen) atoms. The lowest BCUT2D eigenvalue weighted by Crippen LogP contribution is -2.28. The Labute approximate surface area is 68.2 Å². The van der Waals surface area contributed by atoms with E-state index in [1.54, 1.807) is 0 Å². The maximum Gasteiger partial charge on any atom is 0.100 e. The molecule has 0 aromatic heterocycles. The van der Waals surface area contributed by atoms with Crippen molar-refractivity contribution in [3.63, 3.8) is 0 Å². The summed E-state index contributed by atoms with van der Waals surface area (Å²) in [5, 5.41) is 0. The zero-order valence-corrected chi connectivity index (χ0v) is 7.06. The van der Waals surface area contributed by atoms with Gasteiger partial charge in [-0.3, -0.25) is 0 Å². The third-order valence-corrected chi connectivity index (χ3v) is 3.48. The maximum atomic E-state index is 13.0. The van der Waals surface area contributed by atoms with Crippen molar-refractivity contribution in [3.05, 3.63) is 0 Å². The summed E-state index contributed by atoms with van der Waals surface area (Å²) in [5.41, 5.74) is 0. The number of rotatable bonds is 0. The van der Waals surface area contributed by atoms with Crippen LogP contribution in [0.25, 0.3) is 0 Å². The fraction of sp³-hybridized carbons (Fsp3) is 1.00. The topological polar surface area (TPSA) is 0 Å². The third-order valence-electron chi connectivity index (χ3n) is 3.48. The zero-order chi connectivity index (χ0) is 7.68. The van der Waals surface area contributed by atoms with Gasteiger partial charge in [0.2, 0.25) is 0 Å². The summed E-state index contributed by atoms with van der Waals surface area (Å²) in [5.74, 6) is 1.66. The van der Waals surface area contributed by atoms with Gasteiger partial charge in [0, 0.05) is 0 Å². The van der Waals surface area contributed by atoms with Gasteiger partial charge in [0.25, 0.3) is 0 Å². The van der Waals surface area contributed by atoms with Gasteiger partial charge in [0.1, 0.15) is 6.17 Å². The van der Waals surface area contributed by atoms with Gasteiger partial charge in [-0.15, -0.1) is 0 Å². The molecule has 0 aliphatic heterocycles. The van der Waals surface area contributed by atoms with Crippen LogP contribution in [0.1, 0.15) is 44.9 Å². The Hall–Kier alpha value is -0.0700. The van der Waals surface area contributed by atoms with E-state index in [0.717, 1.165) is 24.7 Å². The van der Waals surface area contributed by atoms with Gasteiger partial charge in [0.15, 0.2) is 0 Å². The third kappa shape index (κ3) is 1.57. The molecular formula is C10H17F.